The SMILES string of the molecule is CC(C)(C)OC(=O)N1CCCC(O[Si](c2ccccc2)(c2ccccc2)C(C)(C)C)C1CC(O)Cn1cnccc1=O. The Hall–Kier alpha value is -3.27. The summed E-state index contributed by atoms with van der Waals surface area (Å²) in [6.45, 7) is 12.8. The van der Waals surface area contributed by atoms with Crippen molar-refractivity contribution in [1.29, 1.82) is 0 Å². The van der Waals surface area contributed by atoms with E-state index in [1.807, 2.05) is 32.9 Å². The van der Waals surface area contributed by atoms with Crippen LogP contribution in [0.25, 0.3) is 0 Å². The minimum absolute atomic E-state index is 0.0667. The number of ether oxygens (including phenoxy) is 1. The molecule has 0 spiro atoms. The van der Waals surface area contributed by atoms with E-state index in [1.54, 1.807) is 4.90 Å². The van der Waals surface area contributed by atoms with Crippen molar-refractivity contribution in [2.24, 2.45) is 0 Å². The third-order valence-electron chi connectivity index (χ3n) is 7.80. The van der Waals surface area contributed by atoms with Crippen LogP contribution in [0.1, 0.15) is 60.8 Å². The summed E-state index contributed by atoms with van der Waals surface area (Å²) < 4.78 is 14.7. The number of likely N-dealkylation sites (tertiary alicyclic amines) is 1. The maximum absolute atomic E-state index is 13.6. The zero-order chi connectivity index (χ0) is 30.5. The van der Waals surface area contributed by atoms with Crippen LogP contribution >= 0.6 is 0 Å². The minimum Gasteiger partial charge on any atom is -0.444 e. The molecule has 226 valence electrons. The van der Waals surface area contributed by atoms with Gasteiger partial charge in [0.2, 0.25) is 0 Å². The average Bonchev–Trinajstić information content (AvgIpc) is 2.93. The highest BCUT2D eigenvalue weighted by Crippen LogP contribution is 2.40. The molecule has 3 atom stereocenters. The summed E-state index contributed by atoms with van der Waals surface area (Å²) in [4.78, 5) is 31.7. The van der Waals surface area contributed by atoms with Gasteiger partial charge in [-0.25, -0.2) is 9.78 Å². The zero-order valence-electron chi connectivity index (χ0n) is 25.7. The molecule has 1 aliphatic rings. The number of aliphatic hydroxyl groups excluding tert-OH is 1. The van der Waals surface area contributed by atoms with Gasteiger partial charge in [0.1, 0.15) is 5.60 Å². The number of hydrogen-bond acceptors (Lipinski definition) is 6. The van der Waals surface area contributed by atoms with Gasteiger partial charge in [0, 0.05) is 18.8 Å². The summed E-state index contributed by atoms with van der Waals surface area (Å²) in [7, 11) is -2.95. The number of aliphatic hydroxyl groups is 1. The van der Waals surface area contributed by atoms with Crippen LogP contribution in [0, 0.1) is 0 Å². The van der Waals surface area contributed by atoms with Crippen molar-refractivity contribution >= 4 is 24.8 Å². The van der Waals surface area contributed by atoms with Crippen LogP contribution in [0.4, 0.5) is 4.79 Å². The van der Waals surface area contributed by atoms with Crippen molar-refractivity contribution in [2.45, 2.75) is 96.2 Å². The lowest BCUT2D eigenvalue weighted by atomic mass is 9.94. The molecule has 1 amide bonds. The van der Waals surface area contributed by atoms with E-state index < -0.39 is 32.2 Å². The quantitative estimate of drug-likeness (QED) is 0.392. The molecule has 9 heteroatoms. The molecule has 0 saturated carbocycles. The average molecular weight is 592 g/mol. The van der Waals surface area contributed by atoms with Crippen molar-refractivity contribution in [1.82, 2.24) is 14.5 Å². The van der Waals surface area contributed by atoms with Crippen molar-refractivity contribution in [2.75, 3.05) is 6.54 Å². The fraction of sp³-hybridized carbons (Fsp3) is 0.485. The van der Waals surface area contributed by atoms with Crippen LogP contribution in [0.5, 0.6) is 0 Å². The summed E-state index contributed by atoms with van der Waals surface area (Å²) in [5.41, 5.74) is -0.911. The zero-order valence-corrected chi connectivity index (χ0v) is 26.7. The van der Waals surface area contributed by atoms with Crippen LogP contribution < -0.4 is 15.9 Å². The van der Waals surface area contributed by atoms with E-state index in [4.69, 9.17) is 9.16 Å². The van der Waals surface area contributed by atoms with Gasteiger partial charge in [-0.15, -0.1) is 0 Å². The van der Waals surface area contributed by atoms with Crippen molar-refractivity contribution in [3.05, 3.63) is 89.6 Å². The van der Waals surface area contributed by atoms with Crippen LogP contribution in [-0.4, -0.2) is 64.4 Å². The van der Waals surface area contributed by atoms with Crippen LogP contribution in [0.3, 0.4) is 0 Å². The number of nitrogens with zero attached hydrogens (tertiary/aromatic N) is 3. The molecule has 0 bridgehead atoms. The third-order valence-corrected chi connectivity index (χ3v) is 12.9. The molecule has 42 heavy (non-hydrogen) atoms. The first-order chi connectivity index (χ1) is 19.8. The number of piperidine rings is 1. The first kappa shape index (κ1) is 31.7. The lowest BCUT2D eigenvalue weighted by molar-refractivity contribution is -0.0320. The van der Waals surface area contributed by atoms with E-state index in [0.29, 0.717) is 6.54 Å². The van der Waals surface area contributed by atoms with E-state index in [2.05, 4.69) is 74.3 Å². The molecule has 2 heterocycles. The molecule has 1 saturated heterocycles. The van der Waals surface area contributed by atoms with Gasteiger partial charge in [-0.2, -0.15) is 0 Å². The highest BCUT2D eigenvalue weighted by Gasteiger charge is 2.53. The van der Waals surface area contributed by atoms with Gasteiger partial charge >= 0.3 is 6.09 Å². The number of hydrogen-bond donors (Lipinski definition) is 1. The van der Waals surface area contributed by atoms with E-state index in [0.717, 1.165) is 23.2 Å². The maximum Gasteiger partial charge on any atom is 0.410 e. The molecule has 1 fully saturated rings. The second-order valence-corrected chi connectivity index (χ2v) is 17.4. The van der Waals surface area contributed by atoms with Gasteiger partial charge in [-0.3, -0.25) is 9.36 Å². The fourth-order valence-electron chi connectivity index (χ4n) is 6.00. The van der Waals surface area contributed by atoms with Crippen molar-refractivity contribution in [3.8, 4) is 0 Å². The molecule has 1 aromatic heterocycles. The maximum atomic E-state index is 13.6. The highest BCUT2D eigenvalue weighted by molar-refractivity contribution is 6.99. The summed E-state index contributed by atoms with van der Waals surface area (Å²) in [5.74, 6) is 0. The Labute approximate surface area is 250 Å². The molecule has 0 radical (unpaired) electrons. The Morgan fingerprint density at radius 3 is 2.12 bits per heavy atom. The smallest absolute Gasteiger partial charge is 0.410 e. The molecule has 4 rings (SSSR count). The lowest BCUT2D eigenvalue weighted by Gasteiger charge is -2.50. The Kier molecular flexibility index (Phi) is 9.75. The predicted octanol–water partition coefficient (Wildman–Crippen LogP) is 4.34. The number of aromatic nitrogens is 2. The first-order valence-corrected chi connectivity index (χ1v) is 16.7. The fourth-order valence-corrected chi connectivity index (χ4v) is 10.7. The minimum atomic E-state index is -2.95. The van der Waals surface area contributed by atoms with Gasteiger partial charge in [0.25, 0.3) is 13.9 Å². The monoisotopic (exact) mass is 591 g/mol. The van der Waals surface area contributed by atoms with Gasteiger partial charge in [0.15, 0.2) is 0 Å². The predicted molar refractivity (Wildman–Crippen MR) is 168 cm³/mol. The van der Waals surface area contributed by atoms with Crippen LogP contribution in [0.15, 0.2) is 84.0 Å². The van der Waals surface area contributed by atoms with E-state index in [1.165, 1.54) is 23.2 Å². The second kappa shape index (κ2) is 12.9. The number of benzene rings is 2. The second-order valence-electron chi connectivity index (χ2n) is 13.2. The molecule has 8 nitrogen and oxygen atoms in total. The first-order valence-electron chi connectivity index (χ1n) is 14.8. The lowest BCUT2D eigenvalue weighted by Crippen LogP contribution is -2.70. The Morgan fingerprint density at radius 1 is 1.00 bits per heavy atom. The summed E-state index contributed by atoms with van der Waals surface area (Å²) in [5, 5.41) is 13.4. The molecule has 1 N–H and O–H groups in total. The summed E-state index contributed by atoms with van der Waals surface area (Å²) in [6, 6.07) is 21.7. The number of carbonyl (C=O) groups excluding carboxylic acids is 1. The van der Waals surface area contributed by atoms with Crippen LogP contribution in [-0.2, 0) is 15.7 Å². The van der Waals surface area contributed by atoms with Gasteiger partial charge in [0.05, 0.1) is 31.1 Å². The largest absolute Gasteiger partial charge is 0.444 e. The van der Waals surface area contributed by atoms with Gasteiger partial charge in [-0.1, -0.05) is 81.4 Å². The van der Waals surface area contributed by atoms with E-state index in [-0.39, 0.29) is 29.7 Å². The van der Waals surface area contributed by atoms with Crippen molar-refractivity contribution < 1.29 is 19.1 Å². The van der Waals surface area contributed by atoms with E-state index in [9.17, 15) is 14.7 Å². The Bertz CT molecular complexity index is 1330. The van der Waals surface area contributed by atoms with Gasteiger partial charge in [-0.05, 0) is 55.4 Å². The third kappa shape index (κ3) is 7.19. The molecule has 0 aliphatic carbocycles. The topological polar surface area (TPSA) is 93.9 Å². The number of carbonyl (C=O) groups is 1. The molecule has 1 aliphatic heterocycles. The van der Waals surface area contributed by atoms with Crippen LogP contribution in [0.2, 0.25) is 5.04 Å². The number of amides is 1. The normalized spacial score (nSPS) is 18.9. The molecular weight excluding hydrogens is 546 g/mol. The molecule has 3 aromatic rings. The van der Waals surface area contributed by atoms with Gasteiger partial charge < -0.3 is 19.2 Å². The van der Waals surface area contributed by atoms with E-state index >= 15 is 0 Å². The number of rotatable bonds is 8. The summed E-state index contributed by atoms with van der Waals surface area (Å²) in [6.07, 6.45) is 2.87. The van der Waals surface area contributed by atoms with Crippen molar-refractivity contribution in [3.63, 3.8) is 0 Å². The standard InChI is InChI=1S/C33H45N3O5Si/c1-32(2,3)40-31(39)36-21-13-18-29(28(36)22-25(37)23-35-24-34-20-19-30(35)38)41-42(33(4,5)6,26-14-9-7-10-15-26)27-16-11-8-12-17-27/h7-12,14-17,19-20,24-25,28-29,37H,13,18,21-23H2,1-6H3. The highest BCUT2D eigenvalue weighted by atomic mass is 28.4. The summed E-state index contributed by atoms with van der Waals surface area (Å²) >= 11 is 0. The molecule has 2 aromatic carbocycles. The molecular formula is C33H45N3O5Si. The Balaban J connectivity index is 1.77. The molecule has 3 unspecified atom stereocenters. The Morgan fingerprint density at radius 2 is 1.60 bits per heavy atom.